The molecular weight excluding hydrogens is 456 g/mol. The normalized spacial score (nSPS) is 23.6. The van der Waals surface area contributed by atoms with Crippen molar-refractivity contribution in [2.45, 2.75) is 42.8 Å². The highest BCUT2D eigenvalue weighted by Crippen LogP contribution is 2.44. The van der Waals surface area contributed by atoms with Crippen LogP contribution in [0.25, 0.3) is 11.1 Å². The molecule has 4 rings (SSSR count). The van der Waals surface area contributed by atoms with E-state index in [2.05, 4.69) is 4.72 Å². The fourth-order valence-corrected chi connectivity index (χ4v) is 7.00. The van der Waals surface area contributed by atoms with E-state index in [-0.39, 0.29) is 16.9 Å². The highest BCUT2D eigenvalue weighted by Gasteiger charge is 2.51. The second-order valence-electron chi connectivity index (χ2n) is 8.14. The number of rotatable bonds is 6. The van der Waals surface area contributed by atoms with Crippen molar-refractivity contribution in [1.82, 2.24) is 4.31 Å². The highest BCUT2D eigenvalue weighted by atomic mass is 32.2. The number of nitrogens with zero attached hydrogens (tertiary/aromatic N) is 1. The van der Waals surface area contributed by atoms with Gasteiger partial charge < -0.3 is 9.84 Å². The zero-order valence-electron chi connectivity index (χ0n) is 17.3. The largest absolute Gasteiger partial charge is 0.507 e. The zero-order valence-corrected chi connectivity index (χ0v) is 19.0. The average Bonchev–Trinajstić information content (AvgIpc) is 3.27. The van der Waals surface area contributed by atoms with Crippen molar-refractivity contribution in [2.24, 2.45) is 5.92 Å². The van der Waals surface area contributed by atoms with E-state index in [1.54, 1.807) is 36.4 Å². The third kappa shape index (κ3) is 4.59. The number of carbonyl (C=O) groups is 1. The van der Waals surface area contributed by atoms with Gasteiger partial charge in [-0.1, -0.05) is 30.7 Å². The summed E-state index contributed by atoms with van der Waals surface area (Å²) in [7, 11) is -7.32. The minimum Gasteiger partial charge on any atom is -0.450 e. The van der Waals surface area contributed by atoms with Crippen LogP contribution in [0.4, 0.5) is 10.5 Å². The van der Waals surface area contributed by atoms with Crippen molar-refractivity contribution >= 4 is 31.9 Å². The van der Waals surface area contributed by atoms with Gasteiger partial charge in [0.25, 0.3) is 0 Å². The molecule has 172 valence electrons. The third-order valence-corrected chi connectivity index (χ3v) is 8.46. The summed E-state index contributed by atoms with van der Waals surface area (Å²) in [5, 5.41) is 9.05. The van der Waals surface area contributed by atoms with Gasteiger partial charge in [0.05, 0.1) is 11.2 Å². The van der Waals surface area contributed by atoms with Gasteiger partial charge in [0, 0.05) is 18.2 Å². The van der Waals surface area contributed by atoms with Crippen molar-refractivity contribution in [3.8, 4) is 11.1 Å². The second-order valence-corrected chi connectivity index (χ2v) is 11.7. The van der Waals surface area contributed by atoms with Crippen molar-refractivity contribution in [1.29, 1.82) is 0 Å². The van der Waals surface area contributed by atoms with Crippen LogP contribution in [-0.4, -0.2) is 50.9 Å². The van der Waals surface area contributed by atoms with Crippen molar-refractivity contribution < 1.29 is 31.5 Å². The molecule has 11 heteroatoms. The SMILES string of the molecule is CS(=O)(=O)Nc1ccc(-c2ccc(S(=O)(=O)N3C(OC(=O)O)CC4CCCC43)cc2)cc1. The van der Waals surface area contributed by atoms with Crippen LogP contribution in [0.15, 0.2) is 53.4 Å². The lowest BCUT2D eigenvalue weighted by atomic mass is 10.0. The number of anilines is 1. The summed E-state index contributed by atoms with van der Waals surface area (Å²) in [4.78, 5) is 11.2. The molecule has 1 aliphatic carbocycles. The first-order chi connectivity index (χ1) is 15.0. The first-order valence-corrected chi connectivity index (χ1v) is 13.5. The van der Waals surface area contributed by atoms with Gasteiger partial charge in [-0.2, -0.15) is 4.31 Å². The fourth-order valence-electron chi connectivity index (χ4n) is 4.64. The lowest BCUT2D eigenvalue weighted by molar-refractivity contribution is 0.00937. The Hall–Kier alpha value is -2.63. The molecule has 2 aromatic carbocycles. The number of ether oxygens (including phenoxy) is 1. The minimum atomic E-state index is -3.95. The number of hydrogen-bond acceptors (Lipinski definition) is 6. The van der Waals surface area contributed by atoms with Crippen LogP contribution in [-0.2, 0) is 24.8 Å². The summed E-state index contributed by atoms with van der Waals surface area (Å²) >= 11 is 0. The highest BCUT2D eigenvalue weighted by molar-refractivity contribution is 7.92. The molecule has 3 atom stereocenters. The first kappa shape index (κ1) is 22.6. The summed E-state index contributed by atoms with van der Waals surface area (Å²) in [5.41, 5.74) is 1.98. The standard InChI is InChI=1S/C21H24N2O7S2/c1-31(26,27)22-17-9-5-14(6-10-17)15-7-11-18(12-8-15)32(28,29)23-19-4-2-3-16(19)13-20(23)30-21(24)25/h5-12,16,19-20,22H,2-4,13H2,1H3,(H,24,25). The Kier molecular flexibility index (Phi) is 5.91. The Morgan fingerprint density at radius 3 is 2.16 bits per heavy atom. The maximum Gasteiger partial charge on any atom is 0.507 e. The fraction of sp³-hybridized carbons (Fsp3) is 0.381. The minimum absolute atomic E-state index is 0.0724. The van der Waals surface area contributed by atoms with Gasteiger partial charge in [0.15, 0.2) is 6.23 Å². The van der Waals surface area contributed by atoms with Gasteiger partial charge in [-0.15, -0.1) is 0 Å². The van der Waals surface area contributed by atoms with Crippen LogP contribution in [0.3, 0.4) is 0 Å². The molecule has 0 bridgehead atoms. The lowest BCUT2D eigenvalue weighted by Crippen LogP contribution is -2.43. The summed E-state index contributed by atoms with van der Waals surface area (Å²) in [6, 6.07) is 12.8. The maximum absolute atomic E-state index is 13.4. The predicted octanol–water partition coefficient (Wildman–Crippen LogP) is 3.31. The van der Waals surface area contributed by atoms with Gasteiger partial charge in [0.2, 0.25) is 20.0 Å². The average molecular weight is 481 g/mol. The lowest BCUT2D eigenvalue weighted by Gasteiger charge is -2.27. The van der Waals surface area contributed by atoms with Crippen LogP contribution in [0.5, 0.6) is 0 Å². The Balaban J connectivity index is 1.58. The van der Waals surface area contributed by atoms with Crippen molar-refractivity contribution in [3.05, 3.63) is 48.5 Å². The molecule has 0 aromatic heterocycles. The van der Waals surface area contributed by atoms with Gasteiger partial charge in [-0.25, -0.2) is 21.6 Å². The van der Waals surface area contributed by atoms with Gasteiger partial charge in [0.1, 0.15) is 0 Å². The molecule has 0 amide bonds. The van der Waals surface area contributed by atoms with Crippen molar-refractivity contribution in [3.63, 3.8) is 0 Å². The molecule has 0 spiro atoms. The molecule has 0 radical (unpaired) electrons. The smallest absolute Gasteiger partial charge is 0.450 e. The quantitative estimate of drug-likeness (QED) is 0.607. The monoisotopic (exact) mass is 480 g/mol. The number of sulfonamides is 2. The van der Waals surface area contributed by atoms with E-state index in [0.717, 1.165) is 30.2 Å². The number of nitrogens with one attached hydrogen (secondary N) is 1. The van der Waals surface area contributed by atoms with Gasteiger partial charge in [-0.05, 0) is 54.2 Å². The number of hydrogen-bond donors (Lipinski definition) is 2. The number of carboxylic acid groups (broad SMARTS) is 1. The van der Waals surface area contributed by atoms with Crippen LogP contribution in [0.2, 0.25) is 0 Å². The van der Waals surface area contributed by atoms with E-state index in [0.29, 0.717) is 18.5 Å². The van der Waals surface area contributed by atoms with Crippen molar-refractivity contribution in [2.75, 3.05) is 11.0 Å². The molecule has 1 heterocycles. The van der Waals surface area contributed by atoms with E-state index in [9.17, 15) is 21.6 Å². The second kappa shape index (κ2) is 8.38. The Bertz CT molecular complexity index is 1210. The maximum atomic E-state index is 13.4. The van der Waals surface area contributed by atoms with Gasteiger partial charge >= 0.3 is 6.16 Å². The van der Waals surface area contributed by atoms with Crippen LogP contribution >= 0.6 is 0 Å². The summed E-state index contributed by atoms with van der Waals surface area (Å²) < 4.78 is 58.0. The number of fused-ring (bicyclic) bond motifs is 1. The molecule has 2 fully saturated rings. The third-order valence-electron chi connectivity index (χ3n) is 5.92. The van der Waals surface area contributed by atoms with E-state index >= 15 is 0 Å². The topological polar surface area (TPSA) is 130 Å². The molecule has 3 unspecified atom stereocenters. The van der Waals surface area contributed by atoms with Crippen LogP contribution in [0.1, 0.15) is 25.7 Å². The summed E-state index contributed by atoms with van der Waals surface area (Å²) in [6.07, 6.45) is 1.41. The van der Waals surface area contributed by atoms with E-state index < -0.39 is 32.4 Å². The number of benzene rings is 2. The van der Waals surface area contributed by atoms with Gasteiger partial charge in [-0.3, -0.25) is 4.72 Å². The molecule has 1 saturated carbocycles. The van der Waals surface area contributed by atoms with Crippen LogP contribution in [0, 0.1) is 5.92 Å². The molecule has 1 saturated heterocycles. The molecule has 9 nitrogen and oxygen atoms in total. The molecule has 2 aromatic rings. The Morgan fingerprint density at radius 2 is 1.59 bits per heavy atom. The van der Waals surface area contributed by atoms with E-state index in [4.69, 9.17) is 9.84 Å². The molecule has 32 heavy (non-hydrogen) atoms. The zero-order chi connectivity index (χ0) is 23.1. The summed E-state index contributed by atoms with van der Waals surface area (Å²) in [6.45, 7) is 0. The molecular formula is C21H24N2O7S2. The molecule has 1 aliphatic heterocycles. The predicted molar refractivity (Wildman–Crippen MR) is 118 cm³/mol. The first-order valence-electron chi connectivity index (χ1n) is 10.2. The molecule has 2 N–H and O–H groups in total. The Labute approximate surface area is 187 Å². The summed E-state index contributed by atoms with van der Waals surface area (Å²) in [5.74, 6) is 0.104. The van der Waals surface area contributed by atoms with E-state index in [1.807, 2.05) is 0 Å². The van der Waals surface area contributed by atoms with Crippen LogP contribution < -0.4 is 4.72 Å². The van der Waals surface area contributed by atoms with E-state index in [1.165, 1.54) is 16.4 Å². The Morgan fingerprint density at radius 1 is 1.00 bits per heavy atom. The molecule has 2 aliphatic rings.